The van der Waals surface area contributed by atoms with Gasteiger partial charge in [-0.3, -0.25) is 4.98 Å². The molecule has 6 nitrogen and oxygen atoms in total. The van der Waals surface area contributed by atoms with E-state index in [4.69, 9.17) is 14.0 Å². The van der Waals surface area contributed by atoms with Crippen LogP contribution in [0.1, 0.15) is 38.8 Å². The second-order valence-corrected chi connectivity index (χ2v) is 9.18. The van der Waals surface area contributed by atoms with Gasteiger partial charge in [0.2, 0.25) is 0 Å². The number of benzene rings is 2. The Kier molecular flexibility index (Phi) is 6.54. The summed E-state index contributed by atoms with van der Waals surface area (Å²) in [6.07, 6.45) is 3.27. The Morgan fingerprint density at radius 3 is 2.48 bits per heavy atom. The van der Waals surface area contributed by atoms with Crippen molar-refractivity contribution in [2.45, 2.75) is 45.5 Å². The number of ether oxygens (including phenoxy) is 1. The van der Waals surface area contributed by atoms with E-state index in [0.29, 0.717) is 0 Å². The van der Waals surface area contributed by atoms with E-state index in [1.54, 1.807) is 6.20 Å². The summed E-state index contributed by atoms with van der Waals surface area (Å²) in [7, 11) is -0.589. The molecule has 4 rings (SSSR count). The van der Waals surface area contributed by atoms with Gasteiger partial charge in [-0.15, -0.1) is 0 Å². The maximum atomic E-state index is 12.4. The number of aromatic nitrogens is 1. The van der Waals surface area contributed by atoms with Gasteiger partial charge in [0.1, 0.15) is 6.61 Å². The number of fused-ring (bicyclic) bond motifs is 1. The maximum Gasteiger partial charge on any atom is 0.492 e. The molecule has 2 heterocycles. The van der Waals surface area contributed by atoms with Crippen molar-refractivity contribution >= 4 is 30.2 Å². The summed E-state index contributed by atoms with van der Waals surface area (Å²) in [4.78, 5) is 16.7. The van der Waals surface area contributed by atoms with Gasteiger partial charge < -0.3 is 19.4 Å². The van der Waals surface area contributed by atoms with Crippen molar-refractivity contribution in [3.05, 3.63) is 83.5 Å². The van der Waals surface area contributed by atoms with Gasteiger partial charge in [0.05, 0.1) is 16.7 Å². The number of carbonyl (C=O) groups is 1. The second kappa shape index (κ2) is 9.37. The number of pyridine rings is 1. The van der Waals surface area contributed by atoms with Crippen molar-refractivity contribution in [2.75, 3.05) is 6.54 Å². The Morgan fingerprint density at radius 2 is 1.76 bits per heavy atom. The normalized spacial score (nSPS) is 17.2. The number of nitrogens with one attached hydrogen (secondary N) is 1. The molecule has 3 aromatic rings. The molecule has 1 fully saturated rings. The molecule has 1 aliphatic heterocycles. The summed E-state index contributed by atoms with van der Waals surface area (Å²) in [5, 5.41) is 3.88. The lowest BCUT2D eigenvalue weighted by Gasteiger charge is -2.32. The van der Waals surface area contributed by atoms with Crippen LogP contribution in [0.2, 0.25) is 0 Å². The van der Waals surface area contributed by atoms with Crippen molar-refractivity contribution in [1.82, 2.24) is 10.3 Å². The first-order chi connectivity index (χ1) is 15.7. The molecule has 7 heteroatoms. The Labute approximate surface area is 195 Å². The maximum absolute atomic E-state index is 12.4. The molecule has 2 aromatic carbocycles. The highest BCUT2D eigenvalue weighted by Gasteiger charge is 2.52. The standard InChI is InChI=1S/C26H29BN2O4/c1-25(2)26(3,4)33-27(32-25)22(16-20-12-13-23-21(15-20)11-8-14-28-23)17-29-24(30)31-18-19-9-6-5-7-10-19/h5-16H,17-18H2,1-4H3,(H,29,30). The predicted molar refractivity (Wildman–Crippen MR) is 130 cm³/mol. The minimum absolute atomic E-state index is 0.208. The molecule has 0 spiro atoms. The van der Waals surface area contributed by atoms with Crippen LogP contribution in [0.4, 0.5) is 4.79 Å². The minimum atomic E-state index is -0.589. The Bertz CT molecular complexity index is 1150. The molecular weight excluding hydrogens is 415 g/mol. The van der Waals surface area contributed by atoms with Crippen LogP contribution in [0.15, 0.2) is 72.3 Å². The molecule has 170 valence electrons. The molecule has 0 aliphatic carbocycles. The zero-order valence-corrected chi connectivity index (χ0v) is 19.5. The number of hydrogen-bond donors (Lipinski definition) is 1. The van der Waals surface area contributed by atoms with Crippen LogP contribution in [-0.4, -0.2) is 35.9 Å². The Hall–Kier alpha value is -3.16. The first kappa shape index (κ1) is 23.0. The highest BCUT2D eigenvalue weighted by Crippen LogP contribution is 2.38. The fourth-order valence-corrected chi connectivity index (χ4v) is 3.54. The van der Waals surface area contributed by atoms with Crippen molar-refractivity contribution in [1.29, 1.82) is 0 Å². The summed E-state index contributed by atoms with van der Waals surface area (Å²) in [6, 6.07) is 19.5. The van der Waals surface area contributed by atoms with Crippen LogP contribution in [0, 0.1) is 0 Å². The van der Waals surface area contributed by atoms with Gasteiger partial charge in [0, 0.05) is 18.1 Å². The molecule has 0 saturated carbocycles. The quantitative estimate of drug-likeness (QED) is 0.531. The van der Waals surface area contributed by atoms with Gasteiger partial charge in [0.15, 0.2) is 0 Å². The summed E-state index contributed by atoms with van der Waals surface area (Å²) < 4.78 is 17.9. The molecule has 0 radical (unpaired) electrons. The van der Waals surface area contributed by atoms with E-state index in [1.807, 2.05) is 88.4 Å². The highest BCUT2D eigenvalue weighted by atomic mass is 16.7. The fraction of sp³-hybridized carbons (Fsp3) is 0.308. The third-order valence-electron chi connectivity index (χ3n) is 6.18. The minimum Gasteiger partial charge on any atom is -0.445 e. The number of hydrogen-bond acceptors (Lipinski definition) is 5. The van der Waals surface area contributed by atoms with Gasteiger partial charge in [-0.2, -0.15) is 0 Å². The molecule has 33 heavy (non-hydrogen) atoms. The lowest BCUT2D eigenvalue weighted by atomic mass is 9.77. The third kappa shape index (κ3) is 5.43. The fourth-order valence-electron chi connectivity index (χ4n) is 3.54. The Morgan fingerprint density at radius 1 is 1.03 bits per heavy atom. The molecule has 1 amide bonds. The van der Waals surface area contributed by atoms with Crippen LogP contribution in [0.25, 0.3) is 17.0 Å². The predicted octanol–water partition coefficient (Wildman–Crippen LogP) is 5.18. The summed E-state index contributed by atoms with van der Waals surface area (Å²) in [5.41, 5.74) is 2.65. The van der Waals surface area contributed by atoms with Gasteiger partial charge in [-0.25, -0.2) is 4.79 Å². The first-order valence-electron chi connectivity index (χ1n) is 11.1. The third-order valence-corrected chi connectivity index (χ3v) is 6.18. The van der Waals surface area contributed by atoms with E-state index in [9.17, 15) is 4.79 Å². The molecule has 1 aliphatic rings. The van der Waals surface area contributed by atoms with Crippen LogP contribution in [-0.2, 0) is 20.7 Å². The van der Waals surface area contributed by atoms with Gasteiger partial charge in [-0.1, -0.05) is 48.5 Å². The number of nitrogens with zero attached hydrogens (tertiary/aromatic N) is 1. The van der Waals surface area contributed by atoms with Gasteiger partial charge >= 0.3 is 13.2 Å². The molecule has 1 aromatic heterocycles. The molecule has 1 saturated heterocycles. The van der Waals surface area contributed by atoms with Crippen LogP contribution >= 0.6 is 0 Å². The van der Waals surface area contributed by atoms with E-state index in [1.165, 1.54) is 0 Å². The zero-order valence-electron chi connectivity index (χ0n) is 19.5. The van der Waals surface area contributed by atoms with Crippen molar-refractivity contribution < 1.29 is 18.8 Å². The first-order valence-corrected chi connectivity index (χ1v) is 11.1. The van der Waals surface area contributed by atoms with Crippen LogP contribution < -0.4 is 5.32 Å². The SMILES string of the molecule is CC1(C)OB(C(=Cc2ccc3ncccc3c2)CNC(=O)OCc2ccccc2)OC1(C)C. The molecule has 0 bridgehead atoms. The molecule has 0 unspecified atom stereocenters. The van der Waals surface area contributed by atoms with E-state index in [0.717, 1.165) is 27.5 Å². The van der Waals surface area contributed by atoms with Crippen molar-refractivity contribution in [2.24, 2.45) is 0 Å². The van der Waals surface area contributed by atoms with Gasteiger partial charge in [0.25, 0.3) is 0 Å². The van der Waals surface area contributed by atoms with E-state index < -0.39 is 24.4 Å². The highest BCUT2D eigenvalue weighted by molar-refractivity contribution is 6.56. The number of alkyl carbamates (subject to hydrolysis) is 1. The number of amides is 1. The van der Waals surface area contributed by atoms with E-state index in [2.05, 4.69) is 16.4 Å². The summed E-state index contributed by atoms with van der Waals surface area (Å²) in [5.74, 6) is 0. The summed E-state index contributed by atoms with van der Waals surface area (Å²) >= 11 is 0. The monoisotopic (exact) mass is 444 g/mol. The average molecular weight is 444 g/mol. The van der Waals surface area contributed by atoms with Crippen molar-refractivity contribution in [3.8, 4) is 0 Å². The molecule has 0 atom stereocenters. The number of rotatable bonds is 6. The second-order valence-electron chi connectivity index (χ2n) is 9.18. The zero-order chi connectivity index (χ0) is 23.5. The lowest BCUT2D eigenvalue weighted by molar-refractivity contribution is 0.00578. The Balaban J connectivity index is 1.52. The topological polar surface area (TPSA) is 69.7 Å². The van der Waals surface area contributed by atoms with Crippen LogP contribution in [0.5, 0.6) is 0 Å². The van der Waals surface area contributed by atoms with Gasteiger partial charge in [-0.05, 0) is 62.5 Å². The number of carbonyl (C=O) groups excluding carboxylic acids is 1. The van der Waals surface area contributed by atoms with E-state index in [-0.39, 0.29) is 13.2 Å². The lowest BCUT2D eigenvalue weighted by Crippen LogP contribution is -2.41. The van der Waals surface area contributed by atoms with Crippen LogP contribution in [0.3, 0.4) is 0 Å². The largest absolute Gasteiger partial charge is 0.492 e. The summed E-state index contributed by atoms with van der Waals surface area (Å²) in [6.45, 7) is 8.47. The smallest absolute Gasteiger partial charge is 0.445 e. The van der Waals surface area contributed by atoms with Crippen molar-refractivity contribution in [3.63, 3.8) is 0 Å². The molecule has 1 N–H and O–H groups in total. The average Bonchev–Trinajstić information content (AvgIpc) is 3.02. The van der Waals surface area contributed by atoms with E-state index >= 15 is 0 Å². The molecular formula is C26H29BN2O4.